The van der Waals surface area contributed by atoms with Crippen LogP contribution < -0.4 is 10.1 Å². The van der Waals surface area contributed by atoms with Crippen molar-refractivity contribution < 1.29 is 13.9 Å². The first-order valence-electron chi connectivity index (χ1n) is 10.8. The van der Waals surface area contributed by atoms with Crippen LogP contribution in [0.1, 0.15) is 24.4 Å². The van der Waals surface area contributed by atoms with Crippen LogP contribution in [0.5, 0.6) is 5.75 Å². The monoisotopic (exact) mass is 484 g/mol. The Balaban J connectivity index is 1.52. The number of nitrogens with zero attached hydrogens (tertiary/aromatic N) is 3. The SMILES string of the molecule is COc1ccc([C@@H](C)Nc2nc(CN3CCOCC3)nc3scc(-c4cccs4)c23)cc1F. The van der Waals surface area contributed by atoms with Crippen molar-refractivity contribution >= 4 is 38.7 Å². The number of nitrogens with one attached hydrogen (secondary N) is 1. The van der Waals surface area contributed by atoms with Crippen molar-refractivity contribution in [1.29, 1.82) is 0 Å². The van der Waals surface area contributed by atoms with Crippen molar-refractivity contribution in [3.05, 3.63) is 58.3 Å². The lowest BCUT2D eigenvalue weighted by atomic mass is 10.1. The van der Waals surface area contributed by atoms with Gasteiger partial charge < -0.3 is 14.8 Å². The summed E-state index contributed by atoms with van der Waals surface area (Å²) in [5.41, 5.74) is 1.95. The molecular formula is C24H25FN4O2S2. The summed E-state index contributed by atoms with van der Waals surface area (Å²) in [6.45, 7) is 5.89. The van der Waals surface area contributed by atoms with Crippen molar-refractivity contribution in [2.45, 2.75) is 19.5 Å². The second kappa shape index (κ2) is 9.72. The lowest BCUT2D eigenvalue weighted by molar-refractivity contribution is 0.0331. The molecule has 5 rings (SSSR count). The highest BCUT2D eigenvalue weighted by Gasteiger charge is 2.20. The molecule has 33 heavy (non-hydrogen) atoms. The number of rotatable bonds is 7. The van der Waals surface area contributed by atoms with Gasteiger partial charge in [0.2, 0.25) is 0 Å². The number of halogens is 1. The number of aromatic nitrogens is 2. The molecule has 0 spiro atoms. The molecule has 1 fully saturated rings. The molecule has 1 atom stereocenters. The summed E-state index contributed by atoms with van der Waals surface area (Å²) in [6, 6.07) is 9.05. The third kappa shape index (κ3) is 4.72. The van der Waals surface area contributed by atoms with Crippen LogP contribution in [0.3, 0.4) is 0 Å². The van der Waals surface area contributed by atoms with Crippen LogP contribution in [-0.4, -0.2) is 48.3 Å². The van der Waals surface area contributed by atoms with E-state index in [2.05, 4.69) is 27.0 Å². The first-order valence-corrected chi connectivity index (χ1v) is 12.6. The number of fused-ring (bicyclic) bond motifs is 1. The van der Waals surface area contributed by atoms with E-state index in [9.17, 15) is 4.39 Å². The highest BCUT2D eigenvalue weighted by molar-refractivity contribution is 7.18. The highest BCUT2D eigenvalue weighted by atomic mass is 32.1. The van der Waals surface area contributed by atoms with E-state index in [-0.39, 0.29) is 17.6 Å². The van der Waals surface area contributed by atoms with Gasteiger partial charge in [-0.05, 0) is 36.1 Å². The minimum Gasteiger partial charge on any atom is -0.494 e. The Bertz CT molecular complexity index is 1240. The minimum atomic E-state index is -0.376. The molecule has 0 unspecified atom stereocenters. The van der Waals surface area contributed by atoms with E-state index in [0.29, 0.717) is 6.54 Å². The van der Waals surface area contributed by atoms with Crippen LogP contribution in [0.4, 0.5) is 10.2 Å². The number of hydrogen-bond donors (Lipinski definition) is 1. The van der Waals surface area contributed by atoms with Crippen molar-refractivity contribution in [2.24, 2.45) is 0 Å². The van der Waals surface area contributed by atoms with Crippen LogP contribution in [0.2, 0.25) is 0 Å². The third-order valence-electron chi connectivity index (χ3n) is 5.76. The highest BCUT2D eigenvalue weighted by Crippen LogP contribution is 2.40. The van der Waals surface area contributed by atoms with Crippen molar-refractivity contribution in [1.82, 2.24) is 14.9 Å². The van der Waals surface area contributed by atoms with Gasteiger partial charge in [-0.15, -0.1) is 22.7 Å². The zero-order valence-corrected chi connectivity index (χ0v) is 20.1. The molecule has 0 radical (unpaired) electrons. The maximum absolute atomic E-state index is 14.3. The van der Waals surface area contributed by atoms with Crippen molar-refractivity contribution in [3.8, 4) is 16.2 Å². The van der Waals surface area contributed by atoms with Gasteiger partial charge in [0.25, 0.3) is 0 Å². The Kier molecular flexibility index (Phi) is 6.55. The smallest absolute Gasteiger partial charge is 0.165 e. The van der Waals surface area contributed by atoms with Gasteiger partial charge in [0, 0.05) is 28.9 Å². The van der Waals surface area contributed by atoms with E-state index in [0.717, 1.165) is 59.3 Å². The summed E-state index contributed by atoms with van der Waals surface area (Å²) in [5, 5.41) is 8.77. The Morgan fingerprint density at radius 2 is 2.06 bits per heavy atom. The fourth-order valence-corrected chi connectivity index (χ4v) is 5.75. The molecule has 9 heteroatoms. The van der Waals surface area contributed by atoms with Crippen molar-refractivity contribution in [3.63, 3.8) is 0 Å². The fourth-order valence-electron chi connectivity index (χ4n) is 3.97. The van der Waals surface area contributed by atoms with E-state index in [1.54, 1.807) is 28.7 Å². The van der Waals surface area contributed by atoms with Gasteiger partial charge in [0.05, 0.1) is 38.3 Å². The van der Waals surface area contributed by atoms with E-state index >= 15 is 0 Å². The van der Waals surface area contributed by atoms with Gasteiger partial charge in [-0.1, -0.05) is 12.1 Å². The van der Waals surface area contributed by atoms with Crippen LogP contribution in [0.25, 0.3) is 20.7 Å². The standard InChI is InChI=1S/C24H25FN4O2S2/c1-15(16-5-6-19(30-2)18(25)12-16)26-23-22-17(20-4-3-11-32-20)14-33-24(22)28-21(27-23)13-29-7-9-31-10-8-29/h3-6,11-12,14-15H,7-10,13H2,1-2H3,(H,26,27,28)/t15-/m1/s1. The number of benzene rings is 1. The van der Waals surface area contributed by atoms with Crippen LogP contribution >= 0.6 is 22.7 Å². The van der Waals surface area contributed by atoms with E-state index in [1.165, 1.54) is 18.1 Å². The van der Waals surface area contributed by atoms with Gasteiger partial charge in [-0.2, -0.15) is 0 Å². The molecule has 4 heterocycles. The zero-order chi connectivity index (χ0) is 22.8. The first kappa shape index (κ1) is 22.2. The normalized spacial score (nSPS) is 15.6. The number of anilines is 1. The molecule has 0 aliphatic carbocycles. The number of ether oxygens (including phenoxy) is 2. The molecule has 1 aliphatic heterocycles. The van der Waals surface area contributed by atoms with Crippen LogP contribution in [-0.2, 0) is 11.3 Å². The van der Waals surface area contributed by atoms with Crippen molar-refractivity contribution in [2.75, 3.05) is 38.7 Å². The molecule has 3 aromatic heterocycles. The van der Waals surface area contributed by atoms with Gasteiger partial charge in [0.15, 0.2) is 11.6 Å². The van der Waals surface area contributed by atoms with Crippen LogP contribution in [0, 0.1) is 5.82 Å². The topological polar surface area (TPSA) is 59.5 Å². The predicted molar refractivity (Wildman–Crippen MR) is 132 cm³/mol. The summed E-state index contributed by atoms with van der Waals surface area (Å²) in [7, 11) is 1.47. The fraction of sp³-hybridized carbons (Fsp3) is 0.333. The number of morpholine rings is 1. The van der Waals surface area contributed by atoms with E-state index in [4.69, 9.17) is 19.4 Å². The quantitative estimate of drug-likeness (QED) is 0.370. The molecule has 1 aliphatic rings. The van der Waals surface area contributed by atoms with Gasteiger partial charge >= 0.3 is 0 Å². The summed E-state index contributed by atoms with van der Waals surface area (Å²) in [4.78, 5) is 14.3. The molecule has 4 aromatic rings. The average Bonchev–Trinajstić information content (AvgIpc) is 3.49. The van der Waals surface area contributed by atoms with E-state index in [1.807, 2.05) is 19.1 Å². The van der Waals surface area contributed by atoms with Gasteiger partial charge in [-0.25, -0.2) is 14.4 Å². The molecule has 1 saturated heterocycles. The molecule has 6 nitrogen and oxygen atoms in total. The Labute approximate surface area is 200 Å². The van der Waals surface area contributed by atoms with E-state index < -0.39 is 0 Å². The second-order valence-corrected chi connectivity index (χ2v) is 9.75. The maximum atomic E-state index is 14.3. The second-order valence-electron chi connectivity index (χ2n) is 7.94. The molecule has 172 valence electrons. The summed E-state index contributed by atoms with van der Waals surface area (Å²) in [5.74, 6) is 1.41. The Morgan fingerprint density at radius 1 is 1.21 bits per heavy atom. The summed E-state index contributed by atoms with van der Waals surface area (Å²) in [6.07, 6.45) is 0. The number of hydrogen-bond acceptors (Lipinski definition) is 8. The average molecular weight is 485 g/mol. The largest absolute Gasteiger partial charge is 0.494 e. The lowest BCUT2D eigenvalue weighted by Crippen LogP contribution is -2.36. The van der Waals surface area contributed by atoms with Crippen LogP contribution in [0.15, 0.2) is 41.1 Å². The molecule has 0 saturated carbocycles. The summed E-state index contributed by atoms with van der Waals surface area (Å²) >= 11 is 3.32. The zero-order valence-electron chi connectivity index (χ0n) is 18.5. The predicted octanol–water partition coefficient (Wildman–Crippen LogP) is 5.57. The first-order chi connectivity index (χ1) is 16.1. The van der Waals surface area contributed by atoms with Gasteiger partial charge in [-0.3, -0.25) is 4.90 Å². The van der Waals surface area contributed by atoms with Gasteiger partial charge in [0.1, 0.15) is 16.5 Å². The molecule has 0 amide bonds. The maximum Gasteiger partial charge on any atom is 0.165 e. The number of thiophene rings is 2. The Hall–Kier alpha value is -2.59. The third-order valence-corrected chi connectivity index (χ3v) is 7.54. The molecule has 0 bridgehead atoms. The lowest BCUT2D eigenvalue weighted by Gasteiger charge is -2.26. The minimum absolute atomic E-state index is 0.157. The number of methoxy groups -OCH3 is 1. The summed E-state index contributed by atoms with van der Waals surface area (Å²) < 4.78 is 24.9. The molecule has 1 N–H and O–H groups in total. The molecule has 1 aromatic carbocycles. The molecular weight excluding hydrogens is 459 g/mol. The Morgan fingerprint density at radius 3 is 2.79 bits per heavy atom.